The first kappa shape index (κ1) is 19.3. The van der Waals surface area contributed by atoms with E-state index in [9.17, 15) is 5.11 Å². The van der Waals surface area contributed by atoms with Crippen LogP contribution in [0.2, 0.25) is 0 Å². The van der Waals surface area contributed by atoms with Gasteiger partial charge in [-0.2, -0.15) is 0 Å². The number of hydrogen-bond acceptors (Lipinski definition) is 1. The van der Waals surface area contributed by atoms with E-state index in [1.165, 1.54) is 0 Å². The molecule has 0 aliphatic rings. The van der Waals surface area contributed by atoms with Crippen molar-refractivity contribution < 1.29 is 5.11 Å². The Morgan fingerprint density at radius 1 is 1.06 bits per heavy atom. The first-order valence-corrected chi connectivity index (χ1v) is 10.1. The van der Waals surface area contributed by atoms with E-state index >= 15 is 0 Å². The molecule has 98 valence electrons. The monoisotopic (exact) mass is 676 g/mol. The Hall–Kier alpha value is 3.32. The van der Waals surface area contributed by atoms with Gasteiger partial charge in [0.2, 0.25) is 0 Å². The lowest BCUT2D eigenvalue weighted by Gasteiger charge is -2.44. The summed E-state index contributed by atoms with van der Waals surface area (Å²) in [7, 11) is 0. The molecule has 0 bridgehead atoms. The fraction of sp³-hybridized carbons (Fsp3) is 1.00. The summed E-state index contributed by atoms with van der Waals surface area (Å²) >= 11 is 25.0. The van der Waals surface area contributed by atoms with Crippen molar-refractivity contribution in [3.8, 4) is 0 Å². The zero-order valence-electron chi connectivity index (χ0n) is 8.29. The Balaban J connectivity index is 5.12. The first-order chi connectivity index (χ1) is 7.04. The highest BCUT2D eigenvalue weighted by Gasteiger charge is 2.59. The minimum absolute atomic E-state index is 0.0890. The highest BCUT2D eigenvalue weighted by molar-refractivity contribution is 9.33. The average molecular weight is 683 g/mol. The molecule has 0 saturated heterocycles. The van der Waals surface area contributed by atoms with Crippen molar-refractivity contribution in [2.75, 3.05) is 6.61 Å². The largest absolute Gasteiger partial charge is 0.394 e. The van der Waals surface area contributed by atoms with Crippen LogP contribution in [0.3, 0.4) is 0 Å². The standard InChI is InChI=1S/C8H11Br7O/c1-2-3-5(9)7(12,13)8(14,15)6(10,11)4-16/h5,16H,2-4H2,1H3. The van der Waals surface area contributed by atoms with Gasteiger partial charge in [-0.25, -0.2) is 0 Å². The zero-order chi connectivity index (χ0) is 13.2. The zero-order valence-corrected chi connectivity index (χ0v) is 19.4. The maximum Gasteiger partial charge on any atom is 0.134 e. The van der Waals surface area contributed by atoms with E-state index in [-0.39, 0.29) is 11.4 Å². The van der Waals surface area contributed by atoms with Crippen LogP contribution in [0.1, 0.15) is 19.8 Å². The van der Waals surface area contributed by atoms with Gasteiger partial charge in [0.05, 0.1) is 6.61 Å². The van der Waals surface area contributed by atoms with E-state index in [4.69, 9.17) is 0 Å². The third-order valence-electron chi connectivity index (χ3n) is 2.01. The first-order valence-electron chi connectivity index (χ1n) is 4.43. The number of alkyl halides is 7. The molecule has 1 N–H and O–H groups in total. The van der Waals surface area contributed by atoms with Crippen molar-refractivity contribution in [3.63, 3.8) is 0 Å². The molecule has 16 heavy (non-hydrogen) atoms. The summed E-state index contributed by atoms with van der Waals surface area (Å²) in [5, 5.41) is 9.39. The van der Waals surface area contributed by atoms with Crippen molar-refractivity contribution >= 4 is 112 Å². The van der Waals surface area contributed by atoms with Gasteiger partial charge >= 0.3 is 0 Å². The second-order valence-electron chi connectivity index (χ2n) is 3.32. The van der Waals surface area contributed by atoms with E-state index in [0.29, 0.717) is 0 Å². The molecule has 0 saturated carbocycles. The van der Waals surface area contributed by atoms with Gasteiger partial charge in [-0.3, -0.25) is 0 Å². The molecule has 0 aromatic rings. The van der Waals surface area contributed by atoms with Crippen LogP contribution in [0, 0.1) is 0 Å². The smallest absolute Gasteiger partial charge is 0.134 e. The van der Waals surface area contributed by atoms with Crippen molar-refractivity contribution in [2.24, 2.45) is 0 Å². The quantitative estimate of drug-likeness (QED) is 0.341. The van der Waals surface area contributed by atoms with Gasteiger partial charge < -0.3 is 5.11 Å². The maximum atomic E-state index is 9.39. The molecule has 1 atom stereocenters. The molecule has 0 radical (unpaired) electrons. The molecule has 0 aliphatic heterocycles. The summed E-state index contributed by atoms with van der Waals surface area (Å²) in [4.78, 5) is 0.171. The number of rotatable bonds is 6. The Bertz CT molecular complexity index is 228. The lowest BCUT2D eigenvalue weighted by Crippen LogP contribution is -2.53. The van der Waals surface area contributed by atoms with Crippen LogP contribution in [0.25, 0.3) is 0 Å². The number of halogens is 7. The molecule has 0 heterocycles. The number of hydrogen-bond donors (Lipinski definition) is 1. The van der Waals surface area contributed by atoms with E-state index in [1.807, 2.05) is 0 Å². The van der Waals surface area contributed by atoms with Crippen molar-refractivity contribution in [1.82, 2.24) is 0 Å². The van der Waals surface area contributed by atoms with E-state index in [2.05, 4.69) is 118 Å². The molecule has 0 aliphatic carbocycles. The van der Waals surface area contributed by atoms with Gasteiger partial charge in [0.25, 0.3) is 0 Å². The van der Waals surface area contributed by atoms with Crippen LogP contribution < -0.4 is 0 Å². The van der Waals surface area contributed by atoms with E-state index in [0.717, 1.165) is 12.8 Å². The van der Waals surface area contributed by atoms with Crippen LogP contribution in [-0.2, 0) is 0 Å². The SMILES string of the molecule is CCCC(Br)C(Br)(Br)C(Br)(Br)C(Br)(Br)CO. The minimum atomic E-state index is -0.709. The van der Waals surface area contributed by atoms with Crippen molar-refractivity contribution in [2.45, 2.75) is 34.3 Å². The Kier molecular flexibility index (Phi) is 8.89. The Labute approximate surface area is 155 Å². The predicted molar refractivity (Wildman–Crippen MR) is 96.5 cm³/mol. The van der Waals surface area contributed by atoms with Gasteiger partial charge in [0, 0.05) is 4.83 Å². The summed E-state index contributed by atoms with van der Waals surface area (Å²) in [5.74, 6) is 0. The fourth-order valence-corrected chi connectivity index (χ4v) is 6.02. The topological polar surface area (TPSA) is 20.2 Å². The average Bonchev–Trinajstić information content (AvgIpc) is 2.17. The molecule has 8 heteroatoms. The highest BCUT2D eigenvalue weighted by atomic mass is 79.9. The molecule has 0 amide bonds. The summed E-state index contributed by atoms with van der Waals surface area (Å²) in [6, 6.07) is 0. The van der Waals surface area contributed by atoms with Crippen molar-refractivity contribution in [1.29, 1.82) is 0 Å². The molecule has 0 aromatic heterocycles. The van der Waals surface area contributed by atoms with Gasteiger partial charge in [0.15, 0.2) is 0 Å². The highest BCUT2D eigenvalue weighted by Crippen LogP contribution is 2.62. The maximum absolute atomic E-state index is 9.39. The number of aliphatic hydroxyl groups is 1. The Morgan fingerprint density at radius 3 is 1.81 bits per heavy atom. The number of aliphatic hydroxyl groups excluding tert-OH is 1. The molecule has 0 rings (SSSR count). The summed E-state index contributed by atoms with van der Waals surface area (Å²) < 4.78 is -1.84. The van der Waals surface area contributed by atoms with Crippen LogP contribution >= 0.6 is 112 Å². The summed E-state index contributed by atoms with van der Waals surface area (Å²) in [5.41, 5.74) is 0. The van der Waals surface area contributed by atoms with Gasteiger partial charge in [-0.1, -0.05) is 125 Å². The lowest BCUT2D eigenvalue weighted by atomic mass is 10.1. The van der Waals surface area contributed by atoms with E-state index in [1.54, 1.807) is 0 Å². The normalized spacial score (nSPS) is 16.3. The molecule has 0 spiro atoms. The van der Waals surface area contributed by atoms with Gasteiger partial charge in [-0.15, -0.1) is 0 Å². The van der Waals surface area contributed by atoms with Gasteiger partial charge in [-0.05, 0) is 6.42 Å². The minimum Gasteiger partial charge on any atom is -0.394 e. The van der Waals surface area contributed by atoms with Crippen LogP contribution in [0.15, 0.2) is 0 Å². The second kappa shape index (κ2) is 7.36. The predicted octanol–water partition coefficient (Wildman–Crippen LogP) is 6.00. The van der Waals surface area contributed by atoms with E-state index < -0.39 is 9.70 Å². The molecule has 1 unspecified atom stereocenters. The van der Waals surface area contributed by atoms with Crippen LogP contribution in [0.4, 0.5) is 0 Å². The van der Waals surface area contributed by atoms with Gasteiger partial charge in [0.1, 0.15) is 9.70 Å². The second-order valence-corrected chi connectivity index (χ2v) is 15.2. The summed E-state index contributed by atoms with van der Waals surface area (Å²) in [6.07, 6.45) is 2.04. The summed E-state index contributed by atoms with van der Waals surface area (Å²) in [6.45, 7) is 2.03. The fourth-order valence-electron chi connectivity index (χ4n) is 0.975. The van der Waals surface area contributed by atoms with Crippen molar-refractivity contribution in [3.05, 3.63) is 0 Å². The Morgan fingerprint density at radius 2 is 1.50 bits per heavy atom. The van der Waals surface area contributed by atoms with Crippen LogP contribution in [0.5, 0.6) is 0 Å². The molecule has 1 nitrogen and oxygen atoms in total. The molecular formula is C8H11Br7O. The van der Waals surface area contributed by atoms with Crippen LogP contribution in [-0.4, -0.2) is 26.2 Å². The molecular weight excluding hydrogens is 671 g/mol. The third kappa shape index (κ3) is 4.16. The lowest BCUT2D eigenvalue weighted by molar-refractivity contribution is 0.282. The third-order valence-corrected chi connectivity index (χ3v) is 15.2. The molecule has 0 fully saturated rings. The molecule has 0 aromatic carbocycles.